The van der Waals surface area contributed by atoms with Gasteiger partial charge in [0.15, 0.2) is 0 Å². The maximum atomic E-state index is 12.3. The molecule has 0 heterocycles. The summed E-state index contributed by atoms with van der Waals surface area (Å²) in [6.07, 6.45) is 4.33. The Kier molecular flexibility index (Phi) is 13.2. The van der Waals surface area contributed by atoms with Crippen LogP contribution in [0.2, 0.25) is 0 Å². The highest BCUT2D eigenvalue weighted by Crippen LogP contribution is 2.04. The van der Waals surface area contributed by atoms with Crippen LogP contribution in [0.4, 0.5) is 0 Å². The van der Waals surface area contributed by atoms with E-state index in [1.54, 1.807) is 13.8 Å². The Morgan fingerprint density at radius 3 is 2.23 bits per heavy atom. The number of hydrogen-bond donors (Lipinski definition) is 5. The third kappa shape index (κ3) is 13.1. The highest BCUT2D eigenvalue weighted by molar-refractivity contribution is 5.91. The second-order valence-electron chi connectivity index (χ2n) is 7.42. The molecule has 0 saturated carbocycles. The lowest BCUT2D eigenvalue weighted by Gasteiger charge is -2.21. The number of rotatable bonds is 12. The largest absolute Gasteiger partial charge is 0.368 e. The second-order valence-corrected chi connectivity index (χ2v) is 7.42. The first-order chi connectivity index (χ1) is 14.1. The molecule has 0 aliphatic rings. The van der Waals surface area contributed by atoms with Crippen LogP contribution in [0.5, 0.6) is 0 Å². The standard InChI is InChI=1S/C21H33N5O4/c1-14(2)10-16(11-22)8-6-5-7-9-18(28)26-20(15(3)4)21(30)25-13-19(29)24-12-17(23)27/h10-11,14-15,20,22H,5,7,9,12-13H2,1-4H3,(H2,23,27)(H,24,29)(H,25,30)(H,26,28)/b16-10-,22-11?. The Balaban J connectivity index is 4.49. The molecule has 0 radical (unpaired) electrons. The van der Waals surface area contributed by atoms with E-state index in [-0.39, 0.29) is 31.3 Å². The Bertz CT molecular complexity index is 717. The molecule has 0 saturated heterocycles. The van der Waals surface area contributed by atoms with Gasteiger partial charge in [0.1, 0.15) is 6.04 Å². The number of hydrogen-bond acceptors (Lipinski definition) is 5. The van der Waals surface area contributed by atoms with Gasteiger partial charge in [0, 0.05) is 24.6 Å². The fourth-order valence-corrected chi connectivity index (χ4v) is 2.29. The van der Waals surface area contributed by atoms with Gasteiger partial charge in [-0.05, 0) is 18.3 Å². The number of nitrogens with one attached hydrogen (secondary N) is 4. The third-order valence-electron chi connectivity index (χ3n) is 3.76. The molecule has 9 nitrogen and oxygen atoms in total. The normalized spacial score (nSPS) is 11.9. The molecule has 0 aliphatic carbocycles. The lowest BCUT2D eigenvalue weighted by molar-refractivity contribution is -0.131. The Labute approximate surface area is 178 Å². The number of amides is 4. The molecule has 6 N–H and O–H groups in total. The summed E-state index contributed by atoms with van der Waals surface area (Å²) in [4.78, 5) is 46.6. The summed E-state index contributed by atoms with van der Waals surface area (Å²) in [6.45, 7) is 6.94. The first kappa shape index (κ1) is 26.9. The van der Waals surface area contributed by atoms with Gasteiger partial charge in [-0.2, -0.15) is 0 Å². The number of primary amides is 1. The molecule has 9 heteroatoms. The summed E-state index contributed by atoms with van der Waals surface area (Å²) in [5.74, 6) is 3.96. The molecular weight excluding hydrogens is 386 g/mol. The summed E-state index contributed by atoms with van der Waals surface area (Å²) in [6, 6.07) is -0.786. The molecule has 4 amide bonds. The summed E-state index contributed by atoms with van der Waals surface area (Å²) in [5.41, 5.74) is 5.57. The minimum atomic E-state index is -0.786. The first-order valence-corrected chi connectivity index (χ1v) is 9.90. The van der Waals surface area contributed by atoms with Crippen LogP contribution < -0.4 is 21.7 Å². The fraction of sp³-hybridized carbons (Fsp3) is 0.571. The van der Waals surface area contributed by atoms with Gasteiger partial charge in [0.05, 0.1) is 13.1 Å². The minimum absolute atomic E-state index is 0.182. The highest BCUT2D eigenvalue weighted by atomic mass is 16.2. The molecule has 1 unspecified atom stereocenters. The van der Waals surface area contributed by atoms with Gasteiger partial charge in [-0.15, -0.1) is 0 Å². The number of nitrogens with two attached hydrogens (primary N) is 1. The number of allylic oxidation sites excluding steroid dienone is 2. The van der Waals surface area contributed by atoms with Gasteiger partial charge in [-0.1, -0.05) is 45.6 Å². The van der Waals surface area contributed by atoms with Gasteiger partial charge in [-0.3, -0.25) is 19.2 Å². The molecular formula is C21H33N5O4. The Hall–Kier alpha value is -3.15. The van der Waals surface area contributed by atoms with Crippen molar-refractivity contribution < 1.29 is 19.2 Å². The van der Waals surface area contributed by atoms with Crippen molar-refractivity contribution in [3.8, 4) is 11.8 Å². The average molecular weight is 420 g/mol. The Morgan fingerprint density at radius 2 is 1.70 bits per heavy atom. The molecule has 166 valence electrons. The Morgan fingerprint density at radius 1 is 1.03 bits per heavy atom. The molecule has 0 fully saturated rings. The van der Waals surface area contributed by atoms with E-state index in [0.717, 1.165) is 0 Å². The molecule has 0 aromatic rings. The van der Waals surface area contributed by atoms with Crippen molar-refractivity contribution in [2.45, 2.75) is 53.0 Å². The van der Waals surface area contributed by atoms with E-state index >= 15 is 0 Å². The van der Waals surface area contributed by atoms with E-state index in [1.807, 2.05) is 19.9 Å². The fourth-order valence-electron chi connectivity index (χ4n) is 2.29. The van der Waals surface area contributed by atoms with Crippen LogP contribution in [0.25, 0.3) is 0 Å². The van der Waals surface area contributed by atoms with Crippen molar-refractivity contribution in [2.24, 2.45) is 17.6 Å². The second kappa shape index (κ2) is 14.8. The first-order valence-electron chi connectivity index (χ1n) is 9.90. The van der Waals surface area contributed by atoms with Crippen LogP contribution >= 0.6 is 0 Å². The summed E-state index contributed by atoms with van der Waals surface area (Å²) in [7, 11) is 0. The van der Waals surface area contributed by atoms with Gasteiger partial charge in [0.25, 0.3) is 0 Å². The highest BCUT2D eigenvalue weighted by Gasteiger charge is 2.24. The van der Waals surface area contributed by atoms with Crippen LogP contribution in [0.1, 0.15) is 47.0 Å². The van der Waals surface area contributed by atoms with Crippen LogP contribution in [-0.2, 0) is 19.2 Å². The smallest absolute Gasteiger partial charge is 0.243 e. The van der Waals surface area contributed by atoms with Crippen molar-refractivity contribution in [1.82, 2.24) is 16.0 Å². The molecule has 0 rings (SSSR count). The van der Waals surface area contributed by atoms with Gasteiger partial charge in [0.2, 0.25) is 23.6 Å². The summed E-state index contributed by atoms with van der Waals surface area (Å²) in [5, 5.41) is 14.7. The molecule has 0 aliphatic heterocycles. The quantitative estimate of drug-likeness (QED) is 0.175. The van der Waals surface area contributed by atoms with E-state index in [2.05, 4.69) is 27.8 Å². The van der Waals surface area contributed by atoms with E-state index in [0.29, 0.717) is 24.3 Å². The zero-order valence-electron chi connectivity index (χ0n) is 18.1. The number of carbonyl (C=O) groups excluding carboxylic acids is 4. The summed E-state index contributed by atoms with van der Waals surface area (Å²) >= 11 is 0. The van der Waals surface area contributed by atoms with E-state index in [1.165, 1.54) is 6.21 Å². The van der Waals surface area contributed by atoms with Crippen LogP contribution in [0.3, 0.4) is 0 Å². The molecule has 0 bridgehead atoms. The topological polar surface area (TPSA) is 154 Å². The number of unbranched alkanes of at least 4 members (excludes halogenated alkanes) is 1. The average Bonchev–Trinajstić information content (AvgIpc) is 2.66. The van der Waals surface area contributed by atoms with Crippen molar-refractivity contribution in [3.05, 3.63) is 11.6 Å². The third-order valence-corrected chi connectivity index (χ3v) is 3.76. The van der Waals surface area contributed by atoms with Crippen LogP contribution in [0.15, 0.2) is 11.6 Å². The van der Waals surface area contributed by atoms with Crippen molar-refractivity contribution in [1.29, 1.82) is 5.41 Å². The molecule has 0 spiro atoms. The van der Waals surface area contributed by atoms with Crippen molar-refractivity contribution in [3.63, 3.8) is 0 Å². The SMILES string of the molecule is CC(C)/C=C(/C#CCCCC(=O)NC(C(=O)NCC(=O)NCC(N)=O)C(C)C)C=N. The lowest BCUT2D eigenvalue weighted by Crippen LogP contribution is -2.51. The van der Waals surface area contributed by atoms with Gasteiger partial charge >= 0.3 is 0 Å². The van der Waals surface area contributed by atoms with E-state index in [9.17, 15) is 19.2 Å². The minimum Gasteiger partial charge on any atom is -0.368 e. The van der Waals surface area contributed by atoms with E-state index in [4.69, 9.17) is 11.1 Å². The van der Waals surface area contributed by atoms with Crippen molar-refractivity contribution >= 4 is 29.8 Å². The number of carbonyl (C=O) groups is 4. The van der Waals surface area contributed by atoms with Crippen LogP contribution in [0, 0.1) is 29.1 Å². The maximum absolute atomic E-state index is 12.3. The van der Waals surface area contributed by atoms with Crippen LogP contribution in [-0.4, -0.2) is 49.0 Å². The summed E-state index contributed by atoms with van der Waals surface area (Å²) < 4.78 is 0. The predicted molar refractivity (Wildman–Crippen MR) is 115 cm³/mol. The molecule has 0 aromatic heterocycles. The van der Waals surface area contributed by atoms with Crippen molar-refractivity contribution in [2.75, 3.05) is 13.1 Å². The molecule has 1 atom stereocenters. The van der Waals surface area contributed by atoms with E-state index < -0.39 is 23.8 Å². The zero-order valence-corrected chi connectivity index (χ0v) is 18.1. The monoisotopic (exact) mass is 419 g/mol. The molecule has 0 aromatic carbocycles. The lowest BCUT2D eigenvalue weighted by atomic mass is 10.0. The van der Waals surface area contributed by atoms with Gasteiger partial charge in [-0.25, -0.2) is 0 Å². The van der Waals surface area contributed by atoms with Gasteiger partial charge < -0.3 is 27.1 Å². The zero-order chi connectivity index (χ0) is 23.1. The predicted octanol–water partition coefficient (Wildman–Crippen LogP) is 0.251. The maximum Gasteiger partial charge on any atom is 0.243 e. The molecule has 30 heavy (non-hydrogen) atoms.